The van der Waals surface area contributed by atoms with E-state index in [9.17, 15) is 5.11 Å². The van der Waals surface area contributed by atoms with Crippen molar-refractivity contribution in [3.8, 4) is 67.0 Å². The molecule has 0 aliphatic carbocycles. The molecule has 0 fully saturated rings. The van der Waals surface area contributed by atoms with E-state index in [0.29, 0.717) is 0 Å². The Morgan fingerprint density at radius 2 is 0.818 bits per heavy atom. The Labute approximate surface area is 327 Å². The van der Waals surface area contributed by atoms with Gasteiger partial charge in [0, 0.05) is 23.5 Å². The number of aromatic nitrogens is 2. The fourth-order valence-electron chi connectivity index (χ4n) is 6.69. The first-order chi connectivity index (χ1) is 26.3. The first-order valence-electron chi connectivity index (χ1n) is 18.9. The fourth-order valence-corrected chi connectivity index (χ4v) is 6.69. The average molecular weight is 720 g/mol. The van der Waals surface area contributed by atoms with Gasteiger partial charge in [0.1, 0.15) is 0 Å². The van der Waals surface area contributed by atoms with Crippen molar-refractivity contribution in [2.24, 2.45) is 0 Å². The molecule has 55 heavy (non-hydrogen) atoms. The number of nitrogens with zero attached hydrogens (tertiary/aromatic N) is 2. The highest BCUT2D eigenvalue weighted by Crippen LogP contribution is 2.40. The van der Waals surface area contributed by atoms with Gasteiger partial charge in [-0.15, -0.1) is 0 Å². The second kappa shape index (κ2) is 15.3. The monoisotopic (exact) mass is 719 g/mol. The second-order valence-corrected chi connectivity index (χ2v) is 15.7. The van der Waals surface area contributed by atoms with Gasteiger partial charge in [0.2, 0.25) is 0 Å². The lowest BCUT2D eigenvalue weighted by atomic mass is 9.78. The maximum absolute atomic E-state index is 11.0. The number of rotatable bonds is 10. The summed E-state index contributed by atoms with van der Waals surface area (Å²) in [6, 6.07) is 45.3. The summed E-state index contributed by atoms with van der Waals surface area (Å²) in [4.78, 5) is 9.13. The highest BCUT2D eigenvalue weighted by molar-refractivity contribution is 6.47. The molecule has 1 radical (unpaired) electrons. The van der Waals surface area contributed by atoms with Gasteiger partial charge in [-0.2, -0.15) is 0 Å². The average Bonchev–Trinajstić information content (AvgIpc) is 3.19. The molecule has 7 aromatic rings. The lowest BCUT2D eigenvalue weighted by molar-refractivity contribution is -0.0893. The Kier molecular flexibility index (Phi) is 10.5. The molecule has 0 atom stereocenters. The van der Waals surface area contributed by atoms with Gasteiger partial charge in [0.25, 0.3) is 0 Å². The van der Waals surface area contributed by atoms with Crippen LogP contribution in [-0.2, 0) is 4.65 Å². The summed E-state index contributed by atoms with van der Waals surface area (Å²) in [6.07, 6.45) is 3.66. The predicted octanol–water partition coefficient (Wildman–Crippen LogP) is 11.5. The van der Waals surface area contributed by atoms with Crippen LogP contribution in [0.4, 0.5) is 0 Å². The Morgan fingerprint density at radius 3 is 1.16 bits per heavy atom. The van der Waals surface area contributed by atoms with E-state index in [1.165, 1.54) is 22.3 Å². The smallest absolute Gasteiger partial charge is 0.330 e. The molecule has 0 aliphatic heterocycles. The van der Waals surface area contributed by atoms with E-state index in [-0.39, 0.29) is 0 Å². The third-order valence-electron chi connectivity index (χ3n) is 11.1. The quantitative estimate of drug-likeness (QED) is 0.143. The van der Waals surface area contributed by atoms with E-state index in [1.54, 1.807) is 21.3 Å². The fraction of sp³-hybridized carbons (Fsp3) is 0.200. The van der Waals surface area contributed by atoms with Crippen LogP contribution in [0, 0.1) is 27.7 Å². The molecule has 5 heteroatoms. The van der Waals surface area contributed by atoms with Crippen molar-refractivity contribution < 1.29 is 9.76 Å². The van der Waals surface area contributed by atoms with Crippen molar-refractivity contribution in [2.45, 2.75) is 66.6 Å². The topological polar surface area (TPSA) is 55.2 Å². The molecular weight excluding hydrogens is 671 g/mol. The number of benzene rings is 5. The Bertz CT molecular complexity index is 2290. The molecule has 0 spiro atoms. The van der Waals surface area contributed by atoms with Crippen LogP contribution in [0.15, 0.2) is 140 Å². The molecule has 1 N–H and O–H groups in total. The summed E-state index contributed by atoms with van der Waals surface area (Å²) < 4.78 is 6.40. The molecule has 0 bridgehead atoms. The Balaban J connectivity index is 1.39. The number of hydrogen-bond donors (Lipinski definition) is 1. The van der Waals surface area contributed by atoms with Gasteiger partial charge < -0.3 is 9.76 Å². The first-order valence-corrected chi connectivity index (χ1v) is 18.9. The Morgan fingerprint density at radius 1 is 0.455 bits per heavy atom. The van der Waals surface area contributed by atoms with Crippen LogP contribution in [0.3, 0.4) is 0 Å². The highest BCUT2D eigenvalue weighted by Gasteiger charge is 2.35. The minimum absolute atomic E-state index is 0.828. The molecule has 0 unspecified atom stereocenters. The van der Waals surface area contributed by atoms with Crippen LogP contribution in [0.25, 0.3) is 67.0 Å². The van der Waals surface area contributed by atoms with Gasteiger partial charge in [0.15, 0.2) is 0 Å². The van der Waals surface area contributed by atoms with E-state index in [0.717, 1.165) is 72.5 Å². The summed E-state index contributed by atoms with van der Waals surface area (Å²) in [5.41, 5.74) is 17.0. The maximum atomic E-state index is 11.0. The number of pyridine rings is 2. The van der Waals surface area contributed by atoms with Crippen LogP contribution < -0.4 is 5.46 Å². The first kappa shape index (κ1) is 37.7. The minimum Gasteiger partial charge on any atom is -0.427 e. The maximum Gasteiger partial charge on any atom is 0.330 e. The normalized spacial score (nSPS) is 11.8. The second-order valence-electron chi connectivity index (χ2n) is 15.7. The van der Waals surface area contributed by atoms with Crippen LogP contribution in [0.2, 0.25) is 0 Å². The molecule has 7 rings (SSSR count). The van der Waals surface area contributed by atoms with Gasteiger partial charge in [-0.05, 0) is 152 Å². The lowest BCUT2D eigenvalue weighted by Gasteiger charge is -2.37. The van der Waals surface area contributed by atoms with Gasteiger partial charge in [-0.25, -0.2) is 0 Å². The van der Waals surface area contributed by atoms with Crippen molar-refractivity contribution >= 4 is 12.9 Å². The summed E-state index contributed by atoms with van der Waals surface area (Å²) >= 11 is 0. The van der Waals surface area contributed by atoms with E-state index in [2.05, 4.69) is 129 Å². The molecule has 5 aromatic carbocycles. The standard InChI is InChI=1S/C50H48BN2O2/c1-32-25-43(36-15-19-38(20-16-36)47-13-9-11-23-52-47)45(27-34(32)3)40-29-41(31-42(30-40)51-55-50(7,8)49(5,6)54)46-28-35(4)33(2)26-44(46)37-17-21-39(22-18-37)48-14-10-12-24-53-48/h9-31,54H,1-8H3. The largest absolute Gasteiger partial charge is 0.427 e. The molecule has 273 valence electrons. The SMILES string of the molecule is Cc1cc(-c2ccc(-c3ccccn3)cc2)c(-c2cc([B]OC(C)(C)C(C)(C)O)cc(-c3cc(C)c(C)cc3-c3ccc(-c4ccccn4)cc3)c2)cc1C. The number of aryl methyl sites for hydroxylation is 4. The molecular formula is C50H48BN2O2. The van der Waals surface area contributed by atoms with E-state index in [4.69, 9.17) is 4.65 Å². The molecule has 2 aromatic heterocycles. The minimum atomic E-state index is -1.06. The van der Waals surface area contributed by atoms with Crippen molar-refractivity contribution in [3.63, 3.8) is 0 Å². The summed E-state index contributed by atoms with van der Waals surface area (Å²) in [5.74, 6) is 0. The molecule has 0 amide bonds. The molecule has 0 aliphatic rings. The van der Waals surface area contributed by atoms with Crippen LogP contribution >= 0.6 is 0 Å². The molecule has 4 nitrogen and oxygen atoms in total. The van der Waals surface area contributed by atoms with Crippen molar-refractivity contribution in [2.75, 3.05) is 0 Å². The predicted molar refractivity (Wildman–Crippen MR) is 230 cm³/mol. The van der Waals surface area contributed by atoms with Gasteiger partial charge >= 0.3 is 7.48 Å². The van der Waals surface area contributed by atoms with Gasteiger partial charge in [0.05, 0.1) is 22.6 Å². The summed E-state index contributed by atoms with van der Waals surface area (Å²) in [6.45, 7) is 16.1. The van der Waals surface area contributed by atoms with E-state index >= 15 is 0 Å². The molecule has 0 saturated carbocycles. The van der Waals surface area contributed by atoms with Gasteiger partial charge in [-0.3, -0.25) is 9.97 Å². The zero-order chi connectivity index (χ0) is 38.9. The van der Waals surface area contributed by atoms with Crippen molar-refractivity contribution in [3.05, 3.63) is 162 Å². The number of aliphatic hydroxyl groups is 1. The van der Waals surface area contributed by atoms with Crippen LogP contribution in [-0.4, -0.2) is 33.8 Å². The van der Waals surface area contributed by atoms with Crippen molar-refractivity contribution in [1.82, 2.24) is 9.97 Å². The Hall–Kier alpha value is -5.62. The number of hydrogen-bond acceptors (Lipinski definition) is 4. The van der Waals surface area contributed by atoms with E-state index < -0.39 is 11.2 Å². The van der Waals surface area contributed by atoms with Crippen LogP contribution in [0.5, 0.6) is 0 Å². The highest BCUT2D eigenvalue weighted by atomic mass is 16.5. The summed E-state index contributed by atoms with van der Waals surface area (Å²) in [5, 5.41) is 11.0. The molecule has 2 heterocycles. The third-order valence-corrected chi connectivity index (χ3v) is 11.1. The summed E-state index contributed by atoms with van der Waals surface area (Å²) in [7, 11) is 1.80. The lowest BCUT2D eigenvalue weighted by Crippen LogP contribution is -2.49. The molecule has 0 saturated heterocycles. The van der Waals surface area contributed by atoms with Gasteiger partial charge in [-0.1, -0.05) is 103 Å². The zero-order valence-electron chi connectivity index (χ0n) is 33.1. The third kappa shape index (κ3) is 8.10. The van der Waals surface area contributed by atoms with Crippen molar-refractivity contribution in [1.29, 1.82) is 0 Å². The van der Waals surface area contributed by atoms with Crippen LogP contribution in [0.1, 0.15) is 49.9 Å². The van der Waals surface area contributed by atoms with E-state index in [1.807, 2.05) is 62.6 Å². The zero-order valence-corrected chi connectivity index (χ0v) is 33.1.